The fourth-order valence-corrected chi connectivity index (χ4v) is 4.65. The molecule has 23 heavy (non-hydrogen) atoms. The van der Waals surface area contributed by atoms with E-state index in [2.05, 4.69) is 11.4 Å². The number of carbonyl (C=O) groups excluding carboxylic acids is 1. The highest BCUT2D eigenvalue weighted by atomic mass is 35.5. The number of halogens is 1. The molecule has 4 aliphatic rings. The molecular weight excluding hydrogens is 314 g/mol. The van der Waals surface area contributed by atoms with Crippen LogP contribution < -0.4 is 5.32 Å². The smallest absolute Gasteiger partial charge is 0.307 e. The summed E-state index contributed by atoms with van der Waals surface area (Å²) >= 11 is 6.10. The molecule has 2 fully saturated rings. The fraction of sp³-hybridized carbons (Fsp3) is 0.444. The first-order chi connectivity index (χ1) is 11.0. The zero-order valence-electron chi connectivity index (χ0n) is 12.7. The van der Waals surface area contributed by atoms with Crippen molar-refractivity contribution in [2.75, 3.05) is 5.32 Å². The third kappa shape index (κ3) is 2.27. The van der Waals surface area contributed by atoms with Crippen molar-refractivity contribution in [3.63, 3.8) is 0 Å². The van der Waals surface area contributed by atoms with E-state index in [1.807, 2.05) is 19.1 Å². The number of fused-ring (bicyclic) bond motifs is 1. The van der Waals surface area contributed by atoms with E-state index in [0.29, 0.717) is 22.5 Å². The number of rotatable bonds is 3. The van der Waals surface area contributed by atoms with E-state index < -0.39 is 17.8 Å². The predicted molar refractivity (Wildman–Crippen MR) is 87.2 cm³/mol. The van der Waals surface area contributed by atoms with Crippen LogP contribution in [0.15, 0.2) is 30.4 Å². The van der Waals surface area contributed by atoms with Crippen molar-refractivity contribution in [1.82, 2.24) is 0 Å². The topological polar surface area (TPSA) is 66.4 Å². The van der Waals surface area contributed by atoms with Crippen molar-refractivity contribution in [1.29, 1.82) is 0 Å². The van der Waals surface area contributed by atoms with Gasteiger partial charge in [0.05, 0.1) is 11.8 Å². The number of anilines is 1. The second kappa shape index (κ2) is 5.10. The monoisotopic (exact) mass is 331 g/mol. The predicted octanol–water partition coefficient (Wildman–Crippen LogP) is 3.36. The van der Waals surface area contributed by atoms with Gasteiger partial charge in [-0.3, -0.25) is 9.59 Å². The van der Waals surface area contributed by atoms with E-state index in [4.69, 9.17) is 11.6 Å². The lowest BCUT2D eigenvalue weighted by Crippen LogP contribution is -2.48. The van der Waals surface area contributed by atoms with Gasteiger partial charge in [-0.25, -0.2) is 0 Å². The van der Waals surface area contributed by atoms with Gasteiger partial charge in [0.25, 0.3) is 0 Å². The number of hydrogen-bond donors (Lipinski definition) is 2. The van der Waals surface area contributed by atoms with E-state index in [1.54, 1.807) is 12.1 Å². The van der Waals surface area contributed by atoms with Crippen LogP contribution in [0.5, 0.6) is 0 Å². The summed E-state index contributed by atoms with van der Waals surface area (Å²) in [5.41, 5.74) is 1.56. The van der Waals surface area contributed by atoms with Gasteiger partial charge in [-0.2, -0.15) is 0 Å². The number of hydrogen-bond acceptors (Lipinski definition) is 2. The molecule has 5 rings (SSSR count). The highest BCUT2D eigenvalue weighted by Gasteiger charge is 2.62. The van der Waals surface area contributed by atoms with Gasteiger partial charge >= 0.3 is 5.97 Å². The Bertz CT molecular complexity index is 729. The maximum absolute atomic E-state index is 12.8. The van der Waals surface area contributed by atoms with Gasteiger partial charge < -0.3 is 10.4 Å². The van der Waals surface area contributed by atoms with Gasteiger partial charge in [0.2, 0.25) is 5.91 Å². The first kappa shape index (κ1) is 14.8. The Balaban J connectivity index is 1.60. The molecule has 1 amide bonds. The molecule has 2 saturated carbocycles. The Kier molecular flexibility index (Phi) is 3.27. The first-order valence-electron chi connectivity index (χ1n) is 7.95. The van der Waals surface area contributed by atoms with Crippen LogP contribution in [0.1, 0.15) is 12.0 Å². The van der Waals surface area contributed by atoms with Gasteiger partial charge in [-0.05, 0) is 54.7 Å². The van der Waals surface area contributed by atoms with Crippen LogP contribution in [0.4, 0.5) is 5.69 Å². The Hall–Kier alpha value is -1.81. The van der Waals surface area contributed by atoms with Crippen LogP contribution in [0.25, 0.3) is 0 Å². The quantitative estimate of drug-likeness (QED) is 0.835. The lowest BCUT2D eigenvalue weighted by atomic mass is 9.62. The summed E-state index contributed by atoms with van der Waals surface area (Å²) in [4.78, 5) is 24.5. The van der Waals surface area contributed by atoms with Crippen LogP contribution in [0, 0.1) is 42.4 Å². The second-order valence-corrected chi connectivity index (χ2v) is 7.35. The van der Waals surface area contributed by atoms with Crippen LogP contribution in [-0.2, 0) is 9.59 Å². The Morgan fingerprint density at radius 2 is 1.83 bits per heavy atom. The molecule has 0 saturated heterocycles. The molecule has 1 aromatic carbocycles. The van der Waals surface area contributed by atoms with E-state index in [1.165, 1.54) is 0 Å². The zero-order chi connectivity index (χ0) is 16.3. The lowest BCUT2D eigenvalue weighted by molar-refractivity contribution is -0.152. The summed E-state index contributed by atoms with van der Waals surface area (Å²) in [5.74, 6) is -1.19. The van der Waals surface area contributed by atoms with Crippen molar-refractivity contribution < 1.29 is 14.7 Å². The molecule has 0 radical (unpaired) electrons. The summed E-state index contributed by atoms with van der Waals surface area (Å²) in [6.45, 7) is 1.90. The van der Waals surface area contributed by atoms with Crippen molar-refractivity contribution in [2.24, 2.45) is 35.5 Å². The average Bonchev–Trinajstić information content (AvgIpc) is 3.32. The molecule has 1 aromatic rings. The summed E-state index contributed by atoms with van der Waals surface area (Å²) in [6.07, 6.45) is 5.13. The van der Waals surface area contributed by atoms with E-state index in [-0.39, 0.29) is 17.7 Å². The minimum atomic E-state index is -0.864. The number of amides is 1. The maximum Gasteiger partial charge on any atom is 0.307 e. The number of nitrogens with one attached hydrogen (secondary N) is 1. The third-order valence-electron chi connectivity index (χ3n) is 5.68. The summed E-state index contributed by atoms with van der Waals surface area (Å²) in [6, 6.07) is 5.35. The number of aryl methyl sites for hydroxylation is 1. The Morgan fingerprint density at radius 1 is 1.17 bits per heavy atom. The standard InChI is InChI=1S/C18H18ClNO3/c1-8-2-3-9(6-14(8)19)20-17(21)15-10-4-5-11(13-7-12(10)13)16(15)18(22)23/h2-6,10-13,15-16H,7H2,1H3,(H,20,21)(H,22,23)/t10-,11-,12+,13-,15+,16+/m0/s1. The number of carboxylic acid groups (broad SMARTS) is 1. The molecular formula is C18H18ClNO3. The summed E-state index contributed by atoms with van der Waals surface area (Å²) in [7, 11) is 0. The van der Waals surface area contributed by atoms with E-state index >= 15 is 0 Å². The minimum Gasteiger partial charge on any atom is -0.481 e. The van der Waals surface area contributed by atoms with Crippen LogP contribution in [0.3, 0.4) is 0 Å². The first-order valence-corrected chi connectivity index (χ1v) is 8.33. The van der Waals surface area contributed by atoms with Gasteiger partial charge in [-0.1, -0.05) is 29.8 Å². The van der Waals surface area contributed by atoms with Gasteiger partial charge in [0.15, 0.2) is 0 Å². The van der Waals surface area contributed by atoms with Crippen molar-refractivity contribution >= 4 is 29.2 Å². The molecule has 4 aliphatic carbocycles. The highest BCUT2D eigenvalue weighted by Crippen LogP contribution is 2.63. The van der Waals surface area contributed by atoms with Crippen LogP contribution in [0.2, 0.25) is 5.02 Å². The van der Waals surface area contributed by atoms with Crippen LogP contribution in [-0.4, -0.2) is 17.0 Å². The lowest BCUT2D eigenvalue weighted by Gasteiger charge is -2.41. The molecule has 0 spiro atoms. The molecule has 2 bridgehead atoms. The normalized spacial score (nSPS) is 36.4. The number of carboxylic acids is 1. The zero-order valence-corrected chi connectivity index (χ0v) is 13.5. The molecule has 0 aliphatic heterocycles. The molecule has 5 heteroatoms. The molecule has 0 unspecified atom stereocenters. The Labute approximate surface area is 139 Å². The fourth-order valence-electron chi connectivity index (χ4n) is 4.47. The Morgan fingerprint density at radius 3 is 2.43 bits per heavy atom. The average molecular weight is 332 g/mol. The van der Waals surface area contributed by atoms with Gasteiger partial charge in [0.1, 0.15) is 0 Å². The van der Waals surface area contributed by atoms with Crippen molar-refractivity contribution in [3.8, 4) is 0 Å². The van der Waals surface area contributed by atoms with Gasteiger partial charge in [0, 0.05) is 10.7 Å². The highest BCUT2D eigenvalue weighted by molar-refractivity contribution is 6.31. The molecule has 0 aromatic heterocycles. The molecule has 120 valence electrons. The molecule has 2 N–H and O–H groups in total. The number of benzene rings is 1. The van der Waals surface area contributed by atoms with Gasteiger partial charge in [-0.15, -0.1) is 0 Å². The van der Waals surface area contributed by atoms with E-state index in [0.717, 1.165) is 12.0 Å². The third-order valence-corrected chi connectivity index (χ3v) is 6.09. The molecule has 0 heterocycles. The van der Waals surface area contributed by atoms with Crippen LogP contribution >= 0.6 is 11.6 Å². The largest absolute Gasteiger partial charge is 0.481 e. The van der Waals surface area contributed by atoms with Crippen molar-refractivity contribution in [3.05, 3.63) is 40.9 Å². The second-order valence-electron chi connectivity index (χ2n) is 6.95. The maximum atomic E-state index is 12.8. The summed E-state index contributed by atoms with van der Waals surface area (Å²) < 4.78 is 0. The van der Waals surface area contributed by atoms with Crippen molar-refractivity contribution in [2.45, 2.75) is 13.3 Å². The SMILES string of the molecule is Cc1ccc(NC(=O)[C@@H]2[C@H]3C=C[C@@H]([C@@H]4C[C@H]34)[C@H]2C(=O)O)cc1Cl. The number of allylic oxidation sites excluding steroid dienone is 2. The molecule has 4 nitrogen and oxygen atoms in total. The molecule has 6 atom stereocenters. The number of aliphatic carboxylic acids is 1. The number of carbonyl (C=O) groups is 2. The van der Waals surface area contributed by atoms with E-state index in [9.17, 15) is 14.7 Å². The summed E-state index contributed by atoms with van der Waals surface area (Å²) in [5, 5.41) is 13.1. The minimum absolute atomic E-state index is 0.000134.